The summed E-state index contributed by atoms with van der Waals surface area (Å²) in [5.74, 6) is 0.782. The van der Waals surface area contributed by atoms with Crippen molar-refractivity contribution >= 4 is 0 Å². The number of nitrogens with zero attached hydrogens (tertiary/aromatic N) is 2. The Morgan fingerprint density at radius 3 is 3.05 bits per heavy atom. The van der Waals surface area contributed by atoms with Crippen molar-refractivity contribution in [3.8, 4) is 5.75 Å². The van der Waals surface area contributed by atoms with Gasteiger partial charge < -0.3 is 9.84 Å². The zero-order valence-electron chi connectivity index (χ0n) is 12.0. The third-order valence-electron chi connectivity index (χ3n) is 4.08. The van der Waals surface area contributed by atoms with Crippen LogP contribution in [-0.4, -0.2) is 22.0 Å². The average molecular weight is 272 g/mol. The lowest BCUT2D eigenvalue weighted by molar-refractivity contribution is 0.0826. The van der Waals surface area contributed by atoms with Crippen molar-refractivity contribution in [2.24, 2.45) is 0 Å². The molecule has 1 aromatic carbocycles. The molecule has 0 aliphatic heterocycles. The second-order valence-corrected chi connectivity index (χ2v) is 5.38. The van der Waals surface area contributed by atoms with Crippen molar-refractivity contribution in [1.82, 2.24) is 9.78 Å². The summed E-state index contributed by atoms with van der Waals surface area (Å²) in [5, 5.41) is 15.4. The van der Waals surface area contributed by atoms with Crippen LogP contribution in [-0.2, 0) is 18.6 Å². The SMILES string of the molecule is CCCn1cc(C2(O)CCc3ccc(OC)cc32)cn1. The highest BCUT2D eigenvalue weighted by molar-refractivity contribution is 5.47. The average Bonchev–Trinajstić information content (AvgIpc) is 3.06. The van der Waals surface area contributed by atoms with Crippen LogP contribution in [0.3, 0.4) is 0 Å². The lowest BCUT2D eigenvalue weighted by Crippen LogP contribution is -2.23. The van der Waals surface area contributed by atoms with E-state index in [0.717, 1.165) is 36.3 Å². The summed E-state index contributed by atoms with van der Waals surface area (Å²) < 4.78 is 7.17. The molecule has 20 heavy (non-hydrogen) atoms. The quantitative estimate of drug-likeness (QED) is 0.930. The van der Waals surface area contributed by atoms with Gasteiger partial charge in [-0.2, -0.15) is 5.10 Å². The molecule has 1 atom stereocenters. The summed E-state index contributed by atoms with van der Waals surface area (Å²) >= 11 is 0. The Morgan fingerprint density at radius 2 is 2.30 bits per heavy atom. The van der Waals surface area contributed by atoms with Crippen LogP contribution < -0.4 is 4.74 Å². The lowest BCUT2D eigenvalue weighted by Gasteiger charge is -2.23. The molecule has 1 aliphatic rings. The van der Waals surface area contributed by atoms with E-state index in [-0.39, 0.29) is 0 Å². The fraction of sp³-hybridized carbons (Fsp3) is 0.438. The Hall–Kier alpha value is -1.81. The van der Waals surface area contributed by atoms with Gasteiger partial charge in [-0.15, -0.1) is 0 Å². The van der Waals surface area contributed by atoms with Crippen LogP contribution in [0.4, 0.5) is 0 Å². The number of aliphatic hydroxyl groups is 1. The Bertz CT molecular complexity index is 621. The van der Waals surface area contributed by atoms with Crippen LogP contribution in [0.2, 0.25) is 0 Å². The van der Waals surface area contributed by atoms with Crippen molar-refractivity contribution in [2.75, 3.05) is 7.11 Å². The molecule has 0 amide bonds. The highest BCUT2D eigenvalue weighted by atomic mass is 16.5. The zero-order chi connectivity index (χ0) is 14.2. The molecule has 2 aromatic rings. The number of hydrogen-bond acceptors (Lipinski definition) is 3. The number of rotatable bonds is 4. The first-order valence-corrected chi connectivity index (χ1v) is 7.10. The third-order valence-corrected chi connectivity index (χ3v) is 4.08. The van der Waals surface area contributed by atoms with Crippen LogP contribution in [0.1, 0.15) is 36.5 Å². The van der Waals surface area contributed by atoms with Gasteiger partial charge in [-0.1, -0.05) is 13.0 Å². The first-order valence-electron chi connectivity index (χ1n) is 7.10. The minimum absolute atomic E-state index is 0.702. The molecule has 4 nitrogen and oxygen atoms in total. The zero-order valence-corrected chi connectivity index (χ0v) is 12.0. The van der Waals surface area contributed by atoms with Crippen molar-refractivity contribution in [2.45, 2.75) is 38.3 Å². The number of hydrogen-bond donors (Lipinski definition) is 1. The van der Waals surface area contributed by atoms with Crippen LogP contribution in [0.25, 0.3) is 0 Å². The minimum Gasteiger partial charge on any atom is -0.497 e. The third kappa shape index (κ3) is 2.00. The predicted molar refractivity (Wildman–Crippen MR) is 76.8 cm³/mol. The normalized spacial score (nSPS) is 20.9. The van der Waals surface area contributed by atoms with E-state index < -0.39 is 5.60 Å². The number of ether oxygens (including phenoxy) is 1. The highest BCUT2D eigenvalue weighted by Gasteiger charge is 2.39. The van der Waals surface area contributed by atoms with Crippen molar-refractivity contribution < 1.29 is 9.84 Å². The maximum absolute atomic E-state index is 11.1. The van der Waals surface area contributed by atoms with E-state index in [9.17, 15) is 5.11 Å². The van der Waals surface area contributed by atoms with E-state index in [1.807, 2.05) is 29.1 Å². The molecule has 3 rings (SSSR count). The maximum atomic E-state index is 11.1. The molecule has 0 radical (unpaired) electrons. The maximum Gasteiger partial charge on any atom is 0.119 e. The van der Waals surface area contributed by atoms with E-state index in [4.69, 9.17) is 4.74 Å². The van der Waals surface area contributed by atoms with Gasteiger partial charge in [0, 0.05) is 18.3 Å². The fourth-order valence-electron chi connectivity index (χ4n) is 2.96. The van der Waals surface area contributed by atoms with Gasteiger partial charge in [-0.25, -0.2) is 0 Å². The molecule has 0 saturated carbocycles. The van der Waals surface area contributed by atoms with Gasteiger partial charge in [0.25, 0.3) is 0 Å². The molecule has 1 aliphatic carbocycles. The number of methoxy groups -OCH3 is 1. The summed E-state index contributed by atoms with van der Waals surface area (Å²) in [6.07, 6.45) is 6.36. The van der Waals surface area contributed by atoms with E-state index in [1.54, 1.807) is 13.3 Å². The van der Waals surface area contributed by atoms with E-state index in [1.165, 1.54) is 5.56 Å². The summed E-state index contributed by atoms with van der Waals surface area (Å²) in [4.78, 5) is 0. The molecule has 1 N–H and O–H groups in total. The van der Waals surface area contributed by atoms with Crippen LogP contribution in [0.5, 0.6) is 5.75 Å². The van der Waals surface area contributed by atoms with Gasteiger partial charge in [0.2, 0.25) is 0 Å². The Labute approximate surface area is 119 Å². The number of fused-ring (bicyclic) bond motifs is 1. The van der Waals surface area contributed by atoms with Crippen LogP contribution in [0.15, 0.2) is 30.6 Å². The van der Waals surface area contributed by atoms with Crippen molar-refractivity contribution in [1.29, 1.82) is 0 Å². The largest absolute Gasteiger partial charge is 0.497 e. The van der Waals surface area contributed by atoms with E-state index >= 15 is 0 Å². The number of aromatic nitrogens is 2. The molecule has 1 heterocycles. The predicted octanol–water partition coefficient (Wildman–Crippen LogP) is 2.48. The molecule has 4 heteroatoms. The standard InChI is InChI=1S/C16H20N2O2/c1-3-8-18-11-13(10-17-18)16(19)7-6-12-4-5-14(20-2)9-15(12)16/h4-5,9-11,19H,3,6-8H2,1-2H3. The van der Waals surface area contributed by atoms with Gasteiger partial charge in [0.15, 0.2) is 0 Å². The molecule has 1 unspecified atom stereocenters. The lowest BCUT2D eigenvalue weighted by atomic mass is 9.90. The summed E-state index contributed by atoms with van der Waals surface area (Å²) in [6, 6.07) is 5.94. The molecular formula is C16H20N2O2. The van der Waals surface area contributed by atoms with E-state index in [0.29, 0.717) is 6.42 Å². The first kappa shape index (κ1) is 13.2. The smallest absolute Gasteiger partial charge is 0.119 e. The van der Waals surface area contributed by atoms with Gasteiger partial charge in [0.05, 0.1) is 13.3 Å². The number of benzene rings is 1. The first-order chi connectivity index (χ1) is 9.67. The highest BCUT2D eigenvalue weighted by Crippen LogP contribution is 2.43. The molecular weight excluding hydrogens is 252 g/mol. The van der Waals surface area contributed by atoms with Crippen molar-refractivity contribution in [3.63, 3.8) is 0 Å². The summed E-state index contributed by atoms with van der Waals surface area (Å²) in [5.41, 5.74) is 2.08. The van der Waals surface area contributed by atoms with Gasteiger partial charge in [0.1, 0.15) is 11.4 Å². The second kappa shape index (κ2) is 4.94. The molecule has 0 fully saturated rings. The molecule has 0 saturated heterocycles. The van der Waals surface area contributed by atoms with Crippen LogP contribution in [0, 0.1) is 0 Å². The van der Waals surface area contributed by atoms with Gasteiger partial charge >= 0.3 is 0 Å². The Balaban J connectivity index is 2.01. The monoisotopic (exact) mass is 272 g/mol. The fourth-order valence-corrected chi connectivity index (χ4v) is 2.96. The van der Waals surface area contributed by atoms with Crippen LogP contribution >= 0.6 is 0 Å². The van der Waals surface area contributed by atoms with Gasteiger partial charge in [-0.3, -0.25) is 4.68 Å². The van der Waals surface area contributed by atoms with E-state index in [2.05, 4.69) is 12.0 Å². The Kier molecular flexibility index (Phi) is 3.26. The molecule has 1 aromatic heterocycles. The van der Waals surface area contributed by atoms with Crippen molar-refractivity contribution in [3.05, 3.63) is 47.3 Å². The second-order valence-electron chi connectivity index (χ2n) is 5.38. The minimum atomic E-state index is -0.935. The Morgan fingerprint density at radius 1 is 1.45 bits per heavy atom. The topological polar surface area (TPSA) is 47.3 Å². The van der Waals surface area contributed by atoms with Gasteiger partial charge in [-0.05, 0) is 42.5 Å². The summed E-state index contributed by atoms with van der Waals surface area (Å²) in [7, 11) is 1.65. The molecule has 106 valence electrons. The summed E-state index contributed by atoms with van der Waals surface area (Å²) in [6.45, 7) is 2.99. The number of aryl methyl sites for hydroxylation is 2. The molecule has 0 bridgehead atoms. The molecule has 0 spiro atoms.